The molecule has 1 aromatic rings. The quantitative estimate of drug-likeness (QED) is 0.708. The minimum Gasteiger partial charge on any atom is -0.497 e. The summed E-state index contributed by atoms with van der Waals surface area (Å²) < 4.78 is 60.0. The number of aliphatic hydroxyl groups is 1. The number of sulfone groups is 1. The van der Waals surface area contributed by atoms with Crippen LogP contribution in [0.4, 0.5) is 0 Å². The van der Waals surface area contributed by atoms with E-state index in [1.54, 1.807) is 0 Å². The number of nitrogens with one attached hydrogen (secondary N) is 1. The van der Waals surface area contributed by atoms with Crippen LogP contribution in [0.5, 0.6) is 11.5 Å². The van der Waals surface area contributed by atoms with Gasteiger partial charge in [0, 0.05) is 6.07 Å². The van der Waals surface area contributed by atoms with E-state index in [4.69, 9.17) is 9.47 Å². The van der Waals surface area contributed by atoms with Gasteiger partial charge in [-0.15, -0.1) is 0 Å². The second-order valence-electron chi connectivity index (χ2n) is 4.89. The van der Waals surface area contributed by atoms with E-state index in [0.717, 1.165) is 0 Å². The van der Waals surface area contributed by atoms with Crippen LogP contribution in [0, 0.1) is 0 Å². The number of ether oxygens (including phenoxy) is 2. The third kappa shape index (κ3) is 3.51. The third-order valence-corrected chi connectivity index (χ3v) is 6.52. The fraction of sp³-hybridized carbons (Fsp3) is 0.500. The van der Waals surface area contributed by atoms with Crippen molar-refractivity contribution >= 4 is 19.9 Å². The summed E-state index contributed by atoms with van der Waals surface area (Å²) in [5, 5.41) is 9.70. The normalized spacial score (nSPS) is 24.1. The van der Waals surface area contributed by atoms with Gasteiger partial charge in [0.1, 0.15) is 16.4 Å². The lowest BCUT2D eigenvalue weighted by Crippen LogP contribution is -2.42. The highest BCUT2D eigenvalue weighted by Crippen LogP contribution is 2.28. The summed E-state index contributed by atoms with van der Waals surface area (Å²) in [5.74, 6) is -0.515. The molecule has 1 aliphatic heterocycles. The Balaban J connectivity index is 2.35. The molecule has 0 radical (unpaired) electrons. The van der Waals surface area contributed by atoms with Crippen LogP contribution in [0.25, 0.3) is 0 Å². The first-order valence-electron chi connectivity index (χ1n) is 6.31. The zero-order valence-electron chi connectivity index (χ0n) is 12.0. The molecular weight excluding hydrogens is 334 g/mol. The van der Waals surface area contributed by atoms with E-state index in [9.17, 15) is 21.9 Å². The van der Waals surface area contributed by atoms with Crippen molar-refractivity contribution < 1.29 is 31.4 Å². The Labute approximate surface area is 129 Å². The SMILES string of the molecule is COc1ccc(OC)c(S(=O)(=O)N[C@@H]2CS(=O)(=O)C[C@@H]2O)c1. The Morgan fingerprint density at radius 1 is 1.23 bits per heavy atom. The summed E-state index contributed by atoms with van der Waals surface area (Å²) in [6.07, 6.45) is -1.28. The van der Waals surface area contributed by atoms with Crippen molar-refractivity contribution in [1.82, 2.24) is 4.72 Å². The molecule has 1 saturated heterocycles. The lowest BCUT2D eigenvalue weighted by molar-refractivity contribution is 0.176. The number of methoxy groups -OCH3 is 2. The standard InChI is InChI=1S/C12H17NO7S2/c1-19-8-3-4-11(20-2)12(5-8)22(17,18)13-9-6-21(15,16)7-10(9)14/h3-5,9-10,13-14H,6-7H2,1-2H3/t9-,10+/m1/s1. The molecule has 0 unspecified atom stereocenters. The average Bonchev–Trinajstić information content (AvgIpc) is 2.69. The van der Waals surface area contributed by atoms with Gasteiger partial charge in [0.25, 0.3) is 0 Å². The summed E-state index contributed by atoms with van der Waals surface area (Å²) in [6.45, 7) is 0. The second-order valence-corrected chi connectivity index (χ2v) is 8.73. The van der Waals surface area contributed by atoms with Crippen molar-refractivity contribution in [2.75, 3.05) is 25.7 Å². The summed E-state index contributed by atoms with van der Waals surface area (Å²) in [5.41, 5.74) is 0. The van der Waals surface area contributed by atoms with E-state index in [1.807, 2.05) is 0 Å². The summed E-state index contributed by atoms with van der Waals surface area (Å²) >= 11 is 0. The fourth-order valence-corrected chi connectivity index (χ4v) is 5.50. The Kier molecular flexibility index (Phi) is 4.66. The van der Waals surface area contributed by atoms with Gasteiger partial charge in [-0.25, -0.2) is 21.6 Å². The summed E-state index contributed by atoms with van der Waals surface area (Å²) in [4.78, 5) is -0.189. The lowest BCUT2D eigenvalue weighted by Gasteiger charge is -2.17. The van der Waals surface area contributed by atoms with Crippen molar-refractivity contribution in [1.29, 1.82) is 0 Å². The minimum atomic E-state index is -4.08. The summed E-state index contributed by atoms with van der Waals surface area (Å²) in [7, 11) is -4.84. The van der Waals surface area contributed by atoms with E-state index < -0.39 is 43.5 Å². The van der Waals surface area contributed by atoms with E-state index >= 15 is 0 Å². The van der Waals surface area contributed by atoms with Gasteiger partial charge in [-0.2, -0.15) is 0 Å². The third-order valence-electron chi connectivity index (χ3n) is 3.29. The van der Waals surface area contributed by atoms with Crippen LogP contribution in [0.1, 0.15) is 0 Å². The molecule has 0 amide bonds. The van der Waals surface area contributed by atoms with Crippen LogP contribution in [0.3, 0.4) is 0 Å². The van der Waals surface area contributed by atoms with Crippen molar-refractivity contribution in [2.45, 2.75) is 17.0 Å². The first kappa shape index (κ1) is 17.0. The van der Waals surface area contributed by atoms with Gasteiger partial charge in [-0.3, -0.25) is 0 Å². The average molecular weight is 351 g/mol. The van der Waals surface area contributed by atoms with Crippen molar-refractivity contribution in [3.05, 3.63) is 18.2 Å². The molecule has 0 aliphatic carbocycles. The molecule has 0 aromatic heterocycles. The zero-order valence-corrected chi connectivity index (χ0v) is 13.6. The monoisotopic (exact) mass is 351 g/mol. The molecule has 0 bridgehead atoms. The molecule has 2 rings (SSSR count). The molecule has 1 heterocycles. The molecule has 1 aliphatic rings. The Hall–Kier alpha value is -1.36. The highest BCUT2D eigenvalue weighted by molar-refractivity contribution is 7.92. The van der Waals surface area contributed by atoms with Crippen LogP contribution in [0.15, 0.2) is 23.1 Å². The Morgan fingerprint density at radius 2 is 1.91 bits per heavy atom. The molecule has 2 atom stereocenters. The van der Waals surface area contributed by atoms with Crippen molar-refractivity contribution in [3.63, 3.8) is 0 Å². The minimum absolute atomic E-state index is 0.0867. The van der Waals surface area contributed by atoms with Crippen LogP contribution in [-0.2, 0) is 19.9 Å². The maximum atomic E-state index is 12.4. The lowest BCUT2D eigenvalue weighted by atomic mass is 10.2. The Bertz CT molecular complexity index is 758. The van der Waals surface area contributed by atoms with Crippen molar-refractivity contribution in [2.24, 2.45) is 0 Å². The largest absolute Gasteiger partial charge is 0.497 e. The fourth-order valence-electron chi connectivity index (χ4n) is 2.20. The van der Waals surface area contributed by atoms with Gasteiger partial charge in [-0.05, 0) is 12.1 Å². The van der Waals surface area contributed by atoms with Gasteiger partial charge >= 0.3 is 0 Å². The molecule has 8 nitrogen and oxygen atoms in total. The Morgan fingerprint density at radius 3 is 2.41 bits per heavy atom. The van der Waals surface area contributed by atoms with E-state index in [-0.39, 0.29) is 10.6 Å². The van der Waals surface area contributed by atoms with Gasteiger partial charge in [0.2, 0.25) is 10.0 Å². The number of aliphatic hydroxyl groups excluding tert-OH is 1. The van der Waals surface area contributed by atoms with Crippen molar-refractivity contribution in [3.8, 4) is 11.5 Å². The molecule has 2 N–H and O–H groups in total. The van der Waals surface area contributed by atoms with Crippen LogP contribution < -0.4 is 14.2 Å². The highest BCUT2D eigenvalue weighted by atomic mass is 32.2. The molecule has 0 saturated carbocycles. The molecule has 1 aromatic carbocycles. The molecule has 22 heavy (non-hydrogen) atoms. The predicted molar refractivity (Wildman–Crippen MR) is 78.3 cm³/mol. The number of hydrogen-bond donors (Lipinski definition) is 2. The zero-order chi connectivity index (χ0) is 16.5. The van der Waals surface area contributed by atoms with Gasteiger partial charge < -0.3 is 14.6 Å². The summed E-state index contributed by atoms with van der Waals surface area (Å²) in [6, 6.07) is 3.13. The van der Waals surface area contributed by atoms with E-state index in [0.29, 0.717) is 5.75 Å². The molecule has 10 heteroatoms. The first-order valence-corrected chi connectivity index (χ1v) is 9.62. The predicted octanol–water partition coefficient (Wildman–Crippen LogP) is -0.860. The molecular formula is C12H17NO7S2. The maximum Gasteiger partial charge on any atom is 0.244 e. The number of hydrogen-bond acceptors (Lipinski definition) is 7. The van der Waals surface area contributed by atoms with Gasteiger partial charge in [0.05, 0.1) is 37.9 Å². The number of benzene rings is 1. The smallest absolute Gasteiger partial charge is 0.244 e. The number of sulfonamides is 1. The van der Waals surface area contributed by atoms with Gasteiger partial charge in [-0.1, -0.05) is 0 Å². The van der Waals surface area contributed by atoms with Crippen LogP contribution in [-0.4, -0.2) is 59.8 Å². The maximum absolute atomic E-state index is 12.4. The van der Waals surface area contributed by atoms with Crippen LogP contribution >= 0.6 is 0 Å². The molecule has 124 valence electrons. The number of rotatable bonds is 5. The topological polar surface area (TPSA) is 119 Å². The van der Waals surface area contributed by atoms with E-state index in [1.165, 1.54) is 32.4 Å². The molecule has 1 fully saturated rings. The molecule has 0 spiro atoms. The highest BCUT2D eigenvalue weighted by Gasteiger charge is 2.39. The second kappa shape index (κ2) is 6.03. The van der Waals surface area contributed by atoms with E-state index in [2.05, 4.69) is 4.72 Å². The first-order chi connectivity index (χ1) is 10.2. The van der Waals surface area contributed by atoms with Crippen LogP contribution in [0.2, 0.25) is 0 Å². The van der Waals surface area contributed by atoms with Gasteiger partial charge in [0.15, 0.2) is 9.84 Å².